The van der Waals surface area contributed by atoms with Crippen molar-refractivity contribution in [3.8, 4) is 11.1 Å². The number of anilines is 1. The second kappa shape index (κ2) is 10.4. The number of hydrogen-bond acceptors (Lipinski definition) is 4. The minimum Gasteiger partial charge on any atom is -0.478 e. The Morgan fingerprint density at radius 3 is 2.43 bits per heavy atom. The number of aromatic carboxylic acids is 1. The van der Waals surface area contributed by atoms with Gasteiger partial charge in [-0.15, -0.1) is 11.3 Å². The Hall–Kier alpha value is -3.03. The Labute approximate surface area is 220 Å². The predicted molar refractivity (Wildman–Crippen MR) is 146 cm³/mol. The third kappa shape index (κ3) is 5.78. The highest BCUT2D eigenvalue weighted by molar-refractivity contribution is 7.11. The Balaban J connectivity index is 1.32. The van der Waals surface area contributed by atoms with Gasteiger partial charge in [-0.2, -0.15) is 0 Å². The molecule has 1 aliphatic heterocycles. The number of halogens is 2. The van der Waals surface area contributed by atoms with Crippen LogP contribution in [-0.4, -0.2) is 48.7 Å². The van der Waals surface area contributed by atoms with Crippen LogP contribution in [0.25, 0.3) is 16.7 Å². The molecule has 1 saturated heterocycles. The lowest BCUT2D eigenvalue weighted by Crippen LogP contribution is -2.47. The van der Waals surface area contributed by atoms with Gasteiger partial charge in [0.2, 0.25) is 0 Å². The second-order valence-corrected chi connectivity index (χ2v) is 11.8. The molecule has 2 heterocycles. The molecule has 7 heteroatoms. The van der Waals surface area contributed by atoms with Crippen LogP contribution < -0.4 is 4.90 Å². The van der Waals surface area contributed by atoms with Crippen LogP contribution in [0.3, 0.4) is 0 Å². The molecule has 2 aliphatic rings. The average molecular weight is 523 g/mol. The first kappa shape index (κ1) is 25.6. The predicted octanol–water partition coefficient (Wildman–Crippen LogP) is 7.18. The molecule has 1 aliphatic carbocycles. The average Bonchev–Trinajstić information content (AvgIpc) is 3.35. The quantitative estimate of drug-likeness (QED) is 0.373. The zero-order valence-electron chi connectivity index (χ0n) is 21.3. The van der Waals surface area contributed by atoms with Crippen molar-refractivity contribution in [1.29, 1.82) is 0 Å². The maximum atomic E-state index is 14.4. The van der Waals surface area contributed by atoms with Gasteiger partial charge in [-0.3, -0.25) is 4.90 Å². The zero-order valence-corrected chi connectivity index (χ0v) is 22.1. The summed E-state index contributed by atoms with van der Waals surface area (Å²) in [7, 11) is 0. The number of carbonyl (C=O) groups is 1. The van der Waals surface area contributed by atoms with Gasteiger partial charge in [0.05, 0.1) is 5.56 Å². The summed E-state index contributed by atoms with van der Waals surface area (Å²) in [6.45, 7) is 9.23. The molecular weight excluding hydrogens is 490 g/mol. The van der Waals surface area contributed by atoms with Crippen molar-refractivity contribution in [3.05, 3.63) is 81.6 Å². The number of rotatable bonds is 6. The maximum absolute atomic E-state index is 14.4. The number of thiophene rings is 1. The van der Waals surface area contributed by atoms with Gasteiger partial charge in [0.1, 0.15) is 11.6 Å². The number of hydrogen-bond donors (Lipinski definition) is 1. The fourth-order valence-corrected chi connectivity index (χ4v) is 6.38. The number of carboxylic acids is 1. The van der Waals surface area contributed by atoms with E-state index < -0.39 is 17.6 Å². The van der Waals surface area contributed by atoms with E-state index in [0.29, 0.717) is 11.1 Å². The Morgan fingerprint density at radius 2 is 1.76 bits per heavy atom. The maximum Gasteiger partial charge on any atom is 0.335 e. The van der Waals surface area contributed by atoms with Crippen molar-refractivity contribution in [3.63, 3.8) is 0 Å². The second-order valence-electron chi connectivity index (χ2n) is 10.9. The van der Waals surface area contributed by atoms with E-state index in [-0.39, 0.29) is 5.41 Å². The molecule has 0 spiro atoms. The number of allylic oxidation sites excluding steroid dienone is 1. The van der Waals surface area contributed by atoms with Crippen molar-refractivity contribution in [1.82, 2.24) is 4.90 Å². The molecule has 5 rings (SSSR count). The lowest BCUT2D eigenvalue weighted by molar-refractivity contribution is 0.0697. The smallest absolute Gasteiger partial charge is 0.335 e. The van der Waals surface area contributed by atoms with Gasteiger partial charge in [0.15, 0.2) is 0 Å². The van der Waals surface area contributed by atoms with Crippen molar-refractivity contribution in [2.75, 3.05) is 37.6 Å². The highest BCUT2D eigenvalue weighted by atomic mass is 32.1. The third-order valence-corrected chi connectivity index (χ3v) is 8.58. The van der Waals surface area contributed by atoms with Crippen LogP contribution in [0.15, 0.2) is 59.5 Å². The number of nitrogens with zero attached hydrogens (tertiary/aromatic N) is 2. The van der Waals surface area contributed by atoms with Gasteiger partial charge >= 0.3 is 5.97 Å². The summed E-state index contributed by atoms with van der Waals surface area (Å²) in [5, 5.41) is 11.1. The van der Waals surface area contributed by atoms with Crippen LogP contribution in [0.1, 0.15) is 48.3 Å². The molecule has 37 heavy (non-hydrogen) atoms. The first-order valence-corrected chi connectivity index (χ1v) is 13.6. The molecule has 4 nitrogen and oxygen atoms in total. The topological polar surface area (TPSA) is 43.8 Å². The largest absolute Gasteiger partial charge is 0.478 e. The molecule has 1 fully saturated rings. The molecule has 1 N–H and O–H groups in total. The minimum absolute atomic E-state index is 0.213. The van der Waals surface area contributed by atoms with E-state index in [2.05, 4.69) is 29.7 Å². The summed E-state index contributed by atoms with van der Waals surface area (Å²) in [5.41, 5.74) is 5.66. The molecule has 0 saturated carbocycles. The molecule has 2 aromatic carbocycles. The summed E-state index contributed by atoms with van der Waals surface area (Å²) in [5.74, 6) is -2.00. The van der Waals surface area contributed by atoms with Crippen molar-refractivity contribution < 1.29 is 18.7 Å². The van der Waals surface area contributed by atoms with Crippen molar-refractivity contribution in [2.45, 2.75) is 33.1 Å². The molecule has 0 atom stereocenters. The fraction of sp³-hybridized carbons (Fsp3) is 0.367. The number of carboxylic acid groups (broad SMARTS) is 1. The summed E-state index contributed by atoms with van der Waals surface area (Å²) in [4.78, 5) is 17.1. The van der Waals surface area contributed by atoms with Crippen LogP contribution in [-0.2, 0) is 0 Å². The van der Waals surface area contributed by atoms with Gasteiger partial charge in [-0.1, -0.05) is 19.4 Å². The van der Waals surface area contributed by atoms with E-state index in [1.54, 1.807) is 23.5 Å². The first-order chi connectivity index (χ1) is 17.7. The van der Waals surface area contributed by atoms with Gasteiger partial charge < -0.3 is 10.0 Å². The number of piperazine rings is 1. The Bertz CT molecular complexity index is 1320. The van der Waals surface area contributed by atoms with E-state index in [4.69, 9.17) is 5.11 Å². The minimum atomic E-state index is -0.906. The summed E-state index contributed by atoms with van der Waals surface area (Å²) < 4.78 is 27.8. The summed E-state index contributed by atoms with van der Waals surface area (Å²) in [6, 6.07) is 13.0. The highest BCUT2D eigenvalue weighted by Crippen LogP contribution is 2.45. The van der Waals surface area contributed by atoms with Crippen LogP contribution in [0.5, 0.6) is 0 Å². The number of benzene rings is 2. The van der Waals surface area contributed by atoms with E-state index >= 15 is 0 Å². The zero-order chi connectivity index (χ0) is 26.2. The lowest BCUT2D eigenvalue weighted by Gasteiger charge is -2.39. The molecule has 0 radical (unpaired) electrons. The highest BCUT2D eigenvalue weighted by Gasteiger charge is 2.30. The molecule has 0 amide bonds. The Morgan fingerprint density at radius 1 is 1.03 bits per heavy atom. The van der Waals surface area contributed by atoms with Crippen molar-refractivity contribution in [2.24, 2.45) is 5.41 Å². The summed E-state index contributed by atoms with van der Waals surface area (Å²) >= 11 is 1.64. The molecule has 0 bridgehead atoms. The van der Waals surface area contributed by atoms with Gasteiger partial charge in [0.25, 0.3) is 0 Å². The van der Waals surface area contributed by atoms with E-state index in [1.807, 2.05) is 17.5 Å². The van der Waals surface area contributed by atoms with Crippen molar-refractivity contribution >= 4 is 28.6 Å². The summed E-state index contributed by atoms with van der Waals surface area (Å²) in [6.07, 6.45) is 3.19. The molecule has 3 aromatic rings. The normalized spacial score (nSPS) is 18.3. The first-order valence-electron chi connectivity index (χ1n) is 12.7. The monoisotopic (exact) mass is 522 g/mol. The van der Waals surface area contributed by atoms with E-state index in [1.165, 1.54) is 28.2 Å². The van der Waals surface area contributed by atoms with Crippen LogP contribution in [0, 0.1) is 17.0 Å². The van der Waals surface area contributed by atoms with Crippen LogP contribution in [0.2, 0.25) is 0 Å². The third-order valence-electron chi connectivity index (χ3n) is 7.59. The van der Waals surface area contributed by atoms with Gasteiger partial charge in [0, 0.05) is 54.9 Å². The molecule has 1 aromatic heterocycles. The fourth-order valence-electron chi connectivity index (χ4n) is 5.38. The Kier molecular flexibility index (Phi) is 7.19. The lowest BCUT2D eigenvalue weighted by atomic mass is 9.73. The SMILES string of the molecule is CC1(C)CCC(CN2CCN(c3ccc(C(=O)O)cc3)CC2)=C(c2cc(-c3ccc(F)cc3F)cs2)C1. The molecule has 0 unspecified atom stereocenters. The van der Waals surface area contributed by atoms with Crippen LogP contribution in [0.4, 0.5) is 14.5 Å². The van der Waals surface area contributed by atoms with E-state index in [9.17, 15) is 13.6 Å². The van der Waals surface area contributed by atoms with Gasteiger partial charge in [-0.05, 0) is 83.7 Å². The molecular formula is C30H32F2N2O2S. The van der Waals surface area contributed by atoms with Gasteiger partial charge in [-0.25, -0.2) is 13.6 Å². The van der Waals surface area contributed by atoms with Crippen LogP contribution >= 0.6 is 11.3 Å². The molecule has 194 valence electrons. The standard InChI is InChI=1S/C30H32F2N2O2S/c1-30(2)10-9-21(18-33-11-13-34(14-12-33)24-6-3-20(4-7-24)29(35)36)26(17-30)28-15-22(19-37-28)25-8-5-23(31)16-27(25)32/h3-8,15-16,19H,9-14,17-18H2,1-2H3,(H,35,36). The van der Waals surface area contributed by atoms with E-state index in [0.717, 1.165) is 69.3 Å².